The second-order valence-electron chi connectivity index (χ2n) is 6.67. The number of ether oxygens (including phenoxy) is 2. The number of hydrogen-bond donors (Lipinski definition) is 0. The van der Waals surface area contributed by atoms with E-state index in [-0.39, 0.29) is 11.4 Å². The Hall–Kier alpha value is -1.26. The highest BCUT2D eigenvalue weighted by Crippen LogP contribution is 2.55. The summed E-state index contributed by atoms with van der Waals surface area (Å²) in [4.78, 5) is 25.6. The predicted molar refractivity (Wildman–Crippen MR) is 69.6 cm³/mol. The van der Waals surface area contributed by atoms with Gasteiger partial charge in [0.25, 0.3) is 0 Å². The third-order valence-electron chi connectivity index (χ3n) is 3.94. The van der Waals surface area contributed by atoms with Crippen LogP contribution < -0.4 is 0 Å². The highest BCUT2D eigenvalue weighted by Gasteiger charge is 2.51. The lowest BCUT2D eigenvalue weighted by molar-refractivity contribution is -0.149. The van der Waals surface area contributed by atoms with Crippen molar-refractivity contribution in [1.29, 1.82) is 0 Å². The van der Waals surface area contributed by atoms with Crippen LogP contribution in [0.4, 0.5) is 4.79 Å². The smallest absolute Gasteiger partial charge is 0.411 e. The first kappa shape index (κ1) is 14.2. The lowest BCUT2D eigenvalue weighted by Crippen LogP contribution is -2.52. The van der Waals surface area contributed by atoms with Gasteiger partial charge in [0, 0.05) is 6.54 Å². The third-order valence-corrected chi connectivity index (χ3v) is 3.94. The predicted octanol–water partition coefficient (Wildman–Crippen LogP) is 2.34. The molecule has 5 heteroatoms. The van der Waals surface area contributed by atoms with Crippen LogP contribution in [0.5, 0.6) is 0 Å². The molecule has 0 aromatic rings. The van der Waals surface area contributed by atoms with Crippen LogP contribution in [-0.2, 0) is 14.3 Å². The van der Waals surface area contributed by atoms with Gasteiger partial charge in [0.2, 0.25) is 0 Å². The van der Waals surface area contributed by atoms with Crippen molar-refractivity contribution in [3.05, 3.63) is 0 Å². The lowest BCUT2D eigenvalue weighted by atomic mass is 9.88. The van der Waals surface area contributed by atoms with Gasteiger partial charge in [-0.05, 0) is 51.9 Å². The van der Waals surface area contributed by atoms with E-state index in [9.17, 15) is 9.59 Å². The molecule has 1 amide bonds. The van der Waals surface area contributed by atoms with Crippen LogP contribution in [0.25, 0.3) is 0 Å². The number of methoxy groups -OCH3 is 1. The Bertz CT molecular complexity index is 381. The van der Waals surface area contributed by atoms with Gasteiger partial charge in [-0.1, -0.05) is 0 Å². The van der Waals surface area contributed by atoms with Gasteiger partial charge in [0.1, 0.15) is 11.6 Å². The van der Waals surface area contributed by atoms with Crippen molar-refractivity contribution >= 4 is 12.1 Å². The first-order chi connectivity index (χ1) is 8.76. The average molecular weight is 269 g/mol. The minimum absolute atomic E-state index is 0.275. The van der Waals surface area contributed by atoms with E-state index in [0.29, 0.717) is 13.0 Å². The molecule has 108 valence electrons. The molecule has 19 heavy (non-hydrogen) atoms. The molecular formula is C14H23NO4. The number of piperidine rings is 1. The van der Waals surface area contributed by atoms with Crippen LogP contribution in [0.1, 0.15) is 46.5 Å². The van der Waals surface area contributed by atoms with Crippen LogP contribution in [-0.4, -0.2) is 42.3 Å². The van der Waals surface area contributed by atoms with E-state index in [1.807, 2.05) is 20.8 Å². The van der Waals surface area contributed by atoms with E-state index in [0.717, 1.165) is 19.3 Å². The molecule has 1 spiro atoms. The molecule has 1 atom stereocenters. The molecule has 0 aromatic heterocycles. The van der Waals surface area contributed by atoms with Crippen molar-refractivity contribution in [2.24, 2.45) is 5.41 Å². The molecule has 5 nitrogen and oxygen atoms in total. The summed E-state index contributed by atoms with van der Waals surface area (Å²) in [5, 5.41) is 0. The van der Waals surface area contributed by atoms with Crippen LogP contribution in [0, 0.1) is 5.41 Å². The Morgan fingerprint density at radius 3 is 2.32 bits per heavy atom. The highest BCUT2D eigenvalue weighted by atomic mass is 16.6. The normalized spacial score (nSPS) is 25.1. The largest absolute Gasteiger partial charge is 0.467 e. The molecule has 2 rings (SSSR count). The zero-order chi connectivity index (χ0) is 14.3. The summed E-state index contributed by atoms with van der Waals surface area (Å²) in [5.74, 6) is -0.336. The Balaban J connectivity index is 2.08. The van der Waals surface area contributed by atoms with E-state index in [1.54, 1.807) is 0 Å². The van der Waals surface area contributed by atoms with Gasteiger partial charge < -0.3 is 9.47 Å². The monoisotopic (exact) mass is 269 g/mol. The summed E-state index contributed by atoms with van der Waals surface area (Å²) in [6.07, 6.45) is 3.56. The fourth-order valence-electron chi connectivity index (χ4n) is 2.65. The third kappa shape index (κ3) is 3.19. The molecule has 2 aliphatic rings. The molecular weight excluding hydrogens is 246 g/mol. The average Bonchev–Trinajstić information content (AvgIpc) is 3.05. The molecule has 0 N–H and O–H groups in total. The first-order valence-corrected chi connectivity index (χ1v) is 6.84. The van der Waals surface area contributed by atoms with E-state index < -0.39 is 17.7 Å². The maximum absolute atomic E-state index is 12.2. The SMILES string of the molecule is COC(=O)[C@@H]1CC2(CCN1C(=O)OC(C)(C)C)CC2. The van der Waals surface area contributed by atoms with Crippen molar-refractivity contribution < 1.29 is 19.1 Å². The number of carbonyl (C=O) groups is 2. The zero-order valence-corrected chi connectivity index (χ0v) is 12.2. The number of likely N-dealkylation sites (tertiary alicyclic amines) is 1. The Labute approximate surface area is 114 Å². The van der Waals surface area contributed by atoms with Crippen LogP contribution in [0.15, 0.2) is 0 Å². The topological polar surface area (TPSA) is 55.8 Å². The summed E-state index contributed by atoms with van der Waals surface area (Å²) in [6, 6.07) is -0.490. The van der Waals surface area contributed by atoms with Crippen molar-refractivity contribution in [2.45, 2.75) is 58.1 Å². The second-order valence-corrected chi connectivity index (χ2v) is 6.67. The summed E-state index contributed by atoms with van der Waals surface area (Å²) in [6.45, 7) is 6.05. The van der Waals surface area contributed by atoms with E-state index in [2.05, 4.69) is 0 Å². The van der Waals surface area contributed by atoms with Gasteiger partial charge in [0.05, 0.1) is 7.11 Å². The molecule has 1 saturated carbocycles. The molecule has 1 heterocycles. The Morgan fingerprint density at radius 2 is 1.84 bits per heavy atom. The van der Waals surface area contributed by atoms with E-state index in [1.165, 1.54) is 12.0 Å². The Kier molecular flexibility index (Phi) is 3.49. The van der Waals surface area contributed by atoms with Gasteiger partial charge in [-0.3, -0.25) is 4.90 Å². The van der Waals surface area contributed by atoms with Crippen LogP contribution in [0.3, 0.4) is 0 Å². The fraction of sp³-hybridized carbons (Fsp3) is 0.857. The van der Waals surface area contributed by atoms with Crippen LogP contribution in [0.2, 0.25) is 0 Å². The van der Waals surface area contributed by atoms with Crippen molar-refractivity contribution in [1.82, 2.24) is 4.90 Å². The maximum Gasteiger partial charge on any atom is 0.411 e. The Morgan fingerprint density at radius 1 is 1.21 bits per heavy atom. The van der Waals surface area contributed by atoms with E-state index in [4.69, 9.17) is 9.47 Å². The lowest BCUT2D eigenvalue weighted by Gasteiger charge is -2.38. The number of amides is 1. The highest BCUT2D eigenvalue weighted by molar-refractivity contribution is 5.82. The number of esters is 1. The quantitative estimate of drug-likeness (QED) is 0.686. The summed E-state index contributed by atoms with van der Waals surface area (Å²) in [7, 11) is 1.36. The minimum atomic E-state index is -0.549. The van der Waals surface area contributed by atoms with Gasteiger partial charge in [-0.2, -0.15) is 0 Å². The number of hydrogen-bond acceptors (Lipinski definition) is 4. The van der Waals surface area contributed by atoms with Gasteiger partial charge >= 0.3 is 12.1 Å². The van der Waals surface area contributed by atoms with Crippen LogP contribution >= 0.6 is 0 Å². The first-order valence-electron chi connectivity index (χ1n) is 6.84. The molecule has 0 aromatic carbocycles. The standard InChI is InChI=1S/C14H23NO4/c1-13(2,3)19-12(17)15-8-7-14(5-6-14)9-10(15)11(16)18-4/h10H,5-9H2,1-4H3/t10-/m0/s1. The molecule has 0 radical (unpaired) electrons. The number of carbonyl (C=O) groups excluding carboxylic acids is 2. The molecule has 0 bridgehead atoms. The van der Waals surface area contributed by atoms with Crippen molar-refractivity contribution in [3.63, 3.8) is 0 Å². The number of rotatable bonds is 1. The van der Waals surface area contributed by atoms with Crippen molar-refractivity contribution in [3.8, 4) is 0 Å². The van der Waals surface area contributed by atoms with Gasteiger partial charge in [0.15, 0.2) is 0 Å². The van der Waals surface area contributed by atoms with Crippen molar-refractivity contribution in [2.75, 3.05) is 13.7 Å². The molecule has 1 aliphatic carbocycles. The minimum Gasteiger partial charge on any atom is -0.467 e. The molecule has 1 saturated heterocycles. The molecule has 0 unspecified atom stereocenters. The molecule has 1 aliphatic heterocycles. The summed E-state index contributed by atoms with van der Waals surface area (Å²) in [5.41, 5.74) is -0.274. The maximum atomic E-state index is 12.2. The fourth-order valence-corrected chi connectivity index (χ4v) is 2.65. The number of nitrogens with zero attached hydrogens (tertiary/aromatic N) is 1. The van der Waals surface area contributed by atoms with Gasteiger partial charge in [-0.15, -0.1) is 0 Å². The zero-order valence-electron chi connectivity index (χ0n) is 12.2. The van der Waals surface area contributed by atoms with Gasteiger partial charge in [-0.25, -0.2) is 9.59 Å². The second kappa shape index (κ2) is 4.69. The van der Waals surface area contributed by atoms with E-state index >= 15 is 0 Å². The summed E-state index contributed by atoms with van der Waals surface area (Å²) < 4.78 is 10.2. The molecule has 2 fully saturated rings. The summed E-state index contributed by atoms with van der Waals surface area (Å²) >= 11 is 0.